The Kier molecular flexibility index (Phi) is 5.07. The molecular weight excluding hydrogens is 330 g/mol. The maximum Gasteiger partial charge on any atom is 0.336 e. The lowest BCUT2D eigenvalue weighted by Gasteiger charge is -2.15. The summed E-state index contributed by atoms with van der Waals surface area (Å²) in [4.78, 5) is 16.5. The van der Waals surface area contributed by atoms with E-state index in [0.717, 1.165) is 12.0 Å². The summed E-state index contributed by atoms with van der Waals surface area (Å²) in [6.07, 6.45) is 0.849. The standard InChI is InChI=1S/C21H21NO4/c1-4-10-26-20-14(6-5-7-19(20)25-3)18-12-16(21(23)24)15-11-13(2)8-9-17(15)22-18/h5-9,11-12H,4,10H2,1-3H3,(H,23,24). The molecule has 5 nitrogen and oxygen atoms in total. The number of carboxylic acids is 1. The van der Waals surface area contributed by atoms with E-state index in [1.165, 1.54) is 0 Å². The average molecular weight is 351 g/mol. The van der Waals surface area contributed by atoms with Crippen LogP contribution >= 0.6 is 0 Å². The minimum atomic E-state index is -0.983. The van der Waals surface area contributed by atoms with Crippen molar-refractivity contribution < 1.29 is 19.4 Å². The second-order valence-corrected chi connectivity index (χ2v) is 6.07. The number of methoxy groups -OCH3 is 1. The van der Waals surface area contributed by atoms with Crippen LogP contribution in [0.5, 0.6) is 11.5 Å². The molecule has 0 spiro atoms. The molecule has 26 heavy (non-hydrogen) atoms. The third-order valence-corrected chi connectivity index (χ3v) is 4.12. The van der Waals surface area contributed by atoms with Gasteiger partial charge in [-0.1, -0.05) is 24.6 Å². The highest BCUT2D eigenvalue weighted by atomic mass is 16.5. The van der Waals surface area contributed by atoms with Crippen LogP contribution in [-0.4, -0.2) is 29.8 Å². The molecule has 1 aromatic heterocycles. The zero-order chi connectivity index (χ0) is 18.7. The number of carboxylic acid groups (broad SMARTS) is 1. The van der Waals surface area contributed by atoms with Crippen LogP contribution in [0.15, 0.2) is 42.5 Å². The van der Waals surface area contributed by atoms with Crippen molar-refractivity contribution in [2.45, 2.75) is 20.3 Å². The van der Waals surface area contributed by atoms with Gasteiger partial charge < -0.3 is 14.6 Å². The molecular formula is C21H21NO4. The number of hydrogen-bond acceptors (Lipinski definition) is 4. The number of fused-ring (bicyclic) bond motifs is 1. The molecule has 0 saturated carbocycles. The Morgan fingerprint density at radius 2 is 2.00 bits per heavy atom. The number of aromatic carboxylic acids is 1. The van der Waals surface area contributed by atoms with E-state index < -0.39 is 5.97 Å². The van der Waals surface area contributed by atoms with E-state index in [4.69, 9.17) is 9.47 Å². The second kappa shape index (κ2) is 7.44. The van der Waals surface area contributed by atoms with Crippen LogP contribution < -0.4 is 9.47 Å². The van der Waals surface area contributed by atoms with Crippen LogP contribution in [0.25, 0.3) is 22.2 Å². The molecule has 0 aliphatic rings. The monoisotopic (exact) mass is 351 g/mol. The van der Waals surface area contributed by atoms with Crippen LogP contribution in [-0.2, 0) is 0 Å². The Balaban J connectivity index is 2.26. The lowest BCUT2D eigenvalue weighted by molar-refractivity contribution is 0.0699. The first-order chi connectivity index (χ1) is 12.5. The van der Waals surface area contributed by atoms with Crippen LogP contribution in [0.2, 0.25) is 0 Å². The Morgan fingerprint density at radius 1 is 1.19 bits per heavy atom. The van der Waals surface area contributed by atoms with Crippen molar-refractivity contribution in [3.63, 3.8) is 0 Å². The molecule has 1 heterocycles. The van der Waals surface area contributed by atoms with Gasteiger partial charge in [0.05, 0.1) is 30.5 Å². The predicted octanol–water partition coefficient (Wildman–Crippen LogP) is 4.71. The normalized spacial score (nSPS) is 10.7. The minimum absolute atomic E-state index is 0.220. The van der Waals surface area contributed by atoms with Gasteiger partial charge in [-0.2, -0.15) is 0 Å². The van der Waals surface area contributed by atoms with Crippen LogP contribution in [0, 0.1) is 6.92 Å². The first-order valence-corrected chi connectivity index (χ1v) is 8.50. The van der Waals surface area contributed by atoms with Gasteiger partial charge in [0, 0.05) is 10.9 Å². The number of benzene rings is 2. The van der Waals surface area contributed by atoms with Gasteiger partial charge in [-0.25, -0.2) is 9.78 Å². The van der Waals surface area contributed by atoms with E-state index in [2.05, 4.69) is 4.98 Å². The van der Waals surface area contributed by atoms with E-state index in [9.17, 15) is 9.90 Å². The van der Waals surface area contributed by atoms with Gasteiger partial charge in [-0.05, 0) is 43.7 Å². The first-order valence-electron chi connectivity index (χ1n) is 8.50. The van der Waals surface area contributed by atoms with Gasteiger partial charge in [0.25, 0.3) is 0 Å². The Labute approximate surface area is 152 Å². The number of carbonyl (C=O) groups is 1. The number of pyridine rings is 1. The zero-order valence-electron chi connectivity index (χ0n) is 15.1. The molecule has 3 aromatic rings. The van der Waals surface area contributed by atoms with Gasteiger partial charge >= 0.3 is 5.97 Å². The highest BCUT2D eigenvalue weighted by molar-refractivity contribution is 6.04. The van der Waals surface area contributed by atoms with E-state index in [1.54, 1.807) is 13.2 Å². The van der Waals surface area contributed by atoms with E-state index in [1.807, 2.05) is 50.2 Å². The van der Waals surface area contributed by atoms with E-state index in [0.29, 0.717) is 40.3 Å². The molecule has 0 unspecified atom stereocenters. The maximum absolute atomic E-state index is 11.8. The third-order valence-electron chi connectivity index (χ3n) is 4.12. The summed E-state index contributed by atoms with van der Waals surface area (Å²) in [5.41, 5.74) is 3.10. The third kappa shape index (κ3) is 3.33. The maximum atomic E-state index is 11.8. The molecule has 134 valence electrons. The summed E-state index contributed by atoms with van der Waals surface area (Å²) in [6, 6.07) is 12.7. The van der Waals surface area contributed by atoms with Crippen LogP contribution in [0.1, 0.15) is 29.3 Å². The Hall–Kier alpha value is -3.08. The SMILES string of the molecule is CCCOc1c(OC)cccc1-c1cc(C(=O)O)c2cc(C)ccc2n1. The summed E-state index contributed by atoms with van der Waals surface area (Å²) >= 11 is 0. The number of para-hydroxylation sites is 1. The number of ether oxygens (including phenoxy) is 2. The molecule has 0 fully saturated rings. The molecule has 0 aliphatic heterocycles. The average Bonchev–Trinajstić information content (AvgIpc) is 2.65. The van der Waals surface area contributed by atoms with Crippen molar-refractivity contribution in [1.82, 2.24) is 4.98 Å². The molecule has 0 bridgehead atoms. The van der Waals surface area contributed by atoms with Crippen LogP contribution in [0.4, 0.5) is 0 Å². The van der Waals surface area contributed by atoms with Crippen molar-refractivity contribution >= 4 is 16.9 Å². The van der Waals surface area contributed by atoms with Crippen molar-refractivity contribution in [2.75, 3.05) is 13.7 Å². The number of rotatable bonds is 6. The van der Waals surface area contributed by atoms with Crippen molar-refractivity contribution in [1.29, 1.82) is 0 Å². The lowest BCUT2D eigenvalue weighted by Crippen LogP contribution is -2.03. The highest BCUT2D eigenvalue weighted by Crippen LogP contribution is 2.38. The largest absolute Gasteiger partial charge is 0.493 e. The second-order valence-electron chi connectivity index (χ2n) is 6.07. The fourth-order valence-electron chi connectivity index (χ4n) is 2.89. The van der Waals surface area contributed by atoms with E-state index in [-0.39, 0.29) is 5.56 Å². The summed E-state index contributed by atoms with van der Waals surface area (Å²) in [6.45, 7) is 4.48. The molecule has 5 heteroatoms. The van der Waals surface area contributed by atoms with Crippen molar-refractivity contribution in [3.05, 3.63) is 53.6 Å². The number of aryl methyl sites for hydroxylation is 1. The Morgan fingerprint density at radius 3 is 2.69 bits per heavy atom. The molecule has 0 aliphatic carbocycles. The Bertz CT molecular complexity index is 966. The molecule has 0 amide bonds. The minimum Gasteiger partial charge on any atom is -0.493 e. The van der Waals surface area contributed by atoms with Gasteiger partial charge in [-0.15, -0.1) is 0 Å². The summed E-state index contributed by atoms with van der Waals surface area (Å²) in [5, 5.41) is 10.3. The molecule has 1 N–H and O–H groups in total. The van der Waals surface area contributed by atoms with Crippen molar-refractivity contribution in [2.24, 2.45) is 0 Å². The van der Waals surface area contributed by atoms with Crippen molar-refractivity contribution in [3.8, 4) is 22.8 Å². The van der Waals surface area contributed by atoms with Crippen LogP contribution in [0.3, 0.4) is 0 Å². The lowest BCUT2D eigenvalue weighted by atomic mass is 10.0. The summed E-state index contributed by atoms with van der Waals surface area (Å²) in [7, 11) is 1.58. The molecule has 0 radical (unpaired) electrons. The predicted molar refractivity (Wildman–Crippen MR) is 101 cm³/mol. The summed E-state index contributed by atoms with van der Waals surface area (Å²) in [5.74, 6) is 0.189. The zero-order valence-corrected chi connectivity index (χ0v) is 15.1. The fourth-order valence-corrected chi connectivity index (χ4v) is 2.89. The molecule has 2 aromatic carbocycles. The van der Waals surface area contributed by atoms with E-state index >= 15 is 0 Å². The number of nitrogens with zero attached hydrogens (tertiary/aromatic N) is 1. The number of hydrogen-bond donors (Lipinski definition) is 1. The molecule has 3 rings (SSSR count). The summed E-state index contributed by atoms with van der Waals surface area (Å²) < 4.78 is 11.3. The van der Waals surface area contributed by atoms with Gasteiger partial charge in [-0.3, -0.25) is 0 Å². The molecule has 0 atom stereocenters. The van der Waals surface area contributed by atoms with Gasteiger partial charge in [0.15, 0.2) is 11.5 Å². The highest BCUT2D eigenvalue weighted by Gasteiger charge is 2.18. The topological polar surface area (TPSA) is 68.7 Å². The quantitative estimate of drug-likeness (QED) is 0.697. The molecule has 0 saturated heterocycles. The van der Waals surface area contributed by atoms with Gasteiger partial charge in [0.1, 0.15) is 0 Å². The fraction of sp³-hybridized carbons (Fsp3) is 0.238. The smallest absolute Gasteiger partial charge is 0.336 e. The first kappa shape index (κ1) is 17.7. The van der Waals surface area contributed by atoms with Gasteiger partial charge in [0.2, 0.25) is 0 Å². The number of aromatic nitrogens is 1.